The smallest absolute Gasteiger partial charge is 0.416 e. The number of benzene rings is 1. The van der Waals surface area contributed by atoms with Gasteiger partial charge >= 0.3 is 6.18 Å². The van der Waals surface area contributed by atoms with Crippen LogP contribution in [0.3, 0.4) is 0 Å². The average Bonchev–Trinajstić information content (AvgIpc) is 2.71. The third-order valence-electron chi connectivity index (χ3n) is 4.78. The number of carbonyl (C=O) groups is 1. The highest BCUT2D eigenvalue weighted by Gasteiger charge is 2.30. The maximum atomic E-state index is 12.7. The summed E-state index contributed by atoms with van der Waals surface area (Å²) in [5.41, 5.74) is 0.153. The lowest BCUT2D eigenvalue weighted by Gasteiger charge is -2.29. The molecule has 0 aliphatic carbocycles. The van der Waals surface area contributed by atoms with Crippen molar-refractivity contribution < 1.29 is 27.4 Å². The van der Waals surface area contributed by atoms with Gasteiger partial charge in [0.1, 0.15) is 11.5 Å². The zero-order valence-electron chi connectivity index (χ0n) is 18.3. The van der Waals surface area contributed by atoms with Gasteiger partial charge in [0.05, 0.1) is 11.7 Å². The molecule has 1 aromatic carbocycles. The Morgan fingerprint density at radius 1 is 1.16 bits per heavy atom. The Bertz CT molecular complexity index is 839. The van der Waals surface area contributed by atoms with E-state index in [-0.39, 0.29) is 30.4 Å². The number of hydrogen-bond acceptors (Lipinski definition) is 4. The first-order chi connectivity index (χ1) is 14.6. The highest BCUT2D eigenvalue weighted by molar-refractivity contribution is 5.77. The molecule has 0 aliphatic rings. The first kappa shape index (κ1) is 24.5. The Morgan fingerprint density at radius 3 is 2.42 bits per heavy atom. The molecular weight excluding hydrogens is 409 g/mol. The summed E-state index contributed by atoms with van der Waals surface area (Å²) in [7, 11) is 1.71. The van der Waals surface area contributed by atoms with E-state index in [0.717, 1.165) is 36.3 Å². The largest absolute Gasteiger partial charge is 0.491 e. The number of ether oxygens (including phenoxy) is 2. The number of carbonyl (C=O) groups excluding carboxylic acids is 1. The van der Waals surface area contributed by atoms with E-state index in [1.807, 2.05) is 26.8 Å². The molecule has 0 bridgehead atoms. The van der Waals surface area contributed by atoms with Crippen molar-refractivity contribution in [1.29, 1.82) is 0 Å². The van der Waals surface area contributed by atoms with E-state index in [2.05, 4.69) is 4.98 Å². The molecule has 0 N–H and O–H groups in total. The minimum Gasteiger partial charge on any atom is -0.491 e. The lowest BCUT2D eigenvalue weighted by molar-refractivity contribution is -0.138. The van der Waals surface area contributed by atoms with Crippen LogP contribution in [0.4, 0.5) is 13.2 Å². The molecule has 0 unspecified atom stereocenters. The number of hydrogen-bond donors (Lipinski definition) is 0. The summed E-state index contributed by atoms with van der Waals surface area (Å²) in [6.07, 6.45) is 1.25. The number of halogens is 3. The summed E-state index contributed by atoms with van der Waals surface area (Å²) in [5, 5.41) is 0. The zero-order chi connectivity index (χ0) is 23.0. The molecule has 1 atom stereocenters. The van der Waals surface area contributed by atoms with E-state index in [1.165, 1.54) is 12.1 Å². The SMILES string of the molecule is CCC[C@H](Cc1cnccc1OC(C)C)N(C)C(=O)COc1ccc(C(F)(F)F)cc1. The van der Waals surface area contributed by atoms with Crippen LogP contribution in [-0.4, -0.2) is 41.6 Å². The van der Waals surface area contributed by atoms with Crippen molar-refractivity contribution in [3.05, 3.63) is 53.9 Å². The summed E-state index contributed by atoms with van der Waals surface area (Å²) in [6.45, 7) is 5.67. The van der Waals surface area contributed by atoms with Crippen LogP contribution in [0.15, 0.2) is 42.7 Å². The molecule has 0 spiro atoms. The molecular formula is C23H29F3N2O3. The molecule has 0 saturated carbocycles. The molecule has 2 aromatic rings. The van der Waals surface area contributed by atoms with Crippen LogP contribution in [0.2, 0.25) is 0 Å². The molecule has 0 radical (unpaired) electrons. The van der Waals surface area contributed by atoms with E-state index < -0.39 is 11.7 Å². The molecule has 5 nitrogen and oxygen atoms in total. The third kappa shape index (κ3) is 7.45. The van der Waals surface area contributed by atoms with Gasteiger partial charge in [0, 0.05) is 31.0 Å². The molecule has 1 aromatic heterocycles. The molecule has 1 amide bonds. The Labute approximate surface area is 181 Å². The molecule has 0 saturated heterocycles. The molecule has 1 heterocycles. The van der Waals surface area contributed by atoms with E-state index >= 15 is 0 Å². The third-order valence-corrected chi connectivity index (χ3v) is 4.78. The van der Waals surface area contributed by atoms with Gasteiger partial charge < -0.3 is 14.4 Å². The number of nitrogens with zero attached hydrogens (tertiary/aromatic N) is 2. The second-order valence-corrected chi connectivity index (χ2v) is 7.61. The highest BCUT2D eigenvalue weighted by Crippen LogP contribution is 2.30. The van der Waals surface area contributed by atoms with Gasteiger partial charge in [-0.15, -0.1) is 0 Å². The van der Waals surface area contributed by atoms with Crippen LogP contribution in [0.1, 0.15) is 44.7 Å². The van der Waals surface area contributed by atoms with Crippen molar-refractivity contribution in [2.24, 2.45) is 0 Å². The fourth-order valence-electron chi connectivity index (χ4n) is 3.15. The van der Waals surface area contributed by atoms with Gasteiger partial charge in [-0.05, 0) is 57.0 Å². The number of aromatic nitrogens is 1. The summed E-state index contributed by atoms with van der Waals surface area (Å²) in [5.74, 6) is 0.697. The van der Waals surface area contributed by atoms with Crippen molar-refractivity contribution >= 4 is 5.91 Å². The topological polar surface area (TPSA) is 51.7 Å². The van der Waals surface area contributed by atoms with E-state index in [1.54, 1.807) is 24.3 Å². The predicted octanol–water partition coefficient (Wildman–Crippen LogP) is 5.14. The second kappa shape index (κ2) is 11.0. The Balaban J connectivity index is 2.02. The normalized spacial score (nSPS) is 12.5. The molecule has 0 aliphatic heterocycles. The van der Waals surface area contributed by atoms with Crippen LogP contribution < -0.4 is 9.47 Å². The van der Waals surface area contributed by atoms with E-state index in [9.17, 15) is 18.0 Å². The fourth-order valence-corrected chi connectivity index (χ4v) is 3.15. The average molecular weight is 438 g/mol. The molecule has 8 heteroatoms. The van der Waals surface area contributed by atoms with Gasteiger partial charge in [0.25, 0.3) is 5.91 Å². The number of amides is 1. The van der Waals surface area contributed by atoms with Crippen molar-refractivity contribution in [2.45, 2.75) is 58.4 Å². The minimum atomic E-state index is -4.41. The Morgan fingerprint density at radius 2 is 1.84 bits per heavy atom. The lowest BCUT2D eigenvalue weighted by atomic mass is 10.0. The predicted molar refractivity (Wildman–Crippen MR) is 112 cm³/mol. The number of rotatable bonds is 10. The number of pyridine rings is 1. The summed E-state index contributed by atoms with van der Waals surface area (Å²) in [4.78, 5) is 18.5. The number of likely N-dealkylation sites (N-methyl/N-ethyl adjacent to an activating group) is 1. The van der Waals surface area contributed by atoms with E-state index in [4.69, 9.17) is 9.47 Å². The first-order valence-electron chi connectivity index (χ1n) is 10.3. The number of alkyl halides is 3. The van der Waals surface area contributed by atoms with Gasteiger partial charge in [-0.1, -0.05) is 13.3 Å². The Kier molecular flexibility index (Phi) is 8.71. The summed E-state index contributed by atoms with van der Waals surface area (Å²) < 4.78 is 49.3. The second-order valence-electron chi connectivity index (χ2n) is 7.61. The monoisotopic (exact) mass is 438 g/mol. The first-order valence-corrected chi connectivity index (χ1v) is 10.3. The quantitative estimate of drug-likeness (QED) is 0.516. The van der Waals surface area contributed by atoms with Crippen LogP contribution >= 0.6 is 0 Å². The van der Waals surface area contributed by atoms with Crippen molar-refractivity contribution in [2.75, 3.05) is 13.7 Å². The summed E-state index contributed by atoms with van der Waals surface area (Å²) in [6, 6.07) is 6.01. The van der Waals surface area contributed by atoms with Crippen LogP contribution in [0.5, 0.6) is 11.5 Å². The highest BCUT2D eigenvalue weighted by atomic mass is 19.4. The maximum Gasteiger partial charge on any atom is 0.416 e. The Hall–Kier alpha value is -2.77. The summed E-state index contributed by atoms with van der Waals surface area (Å²) >= 11 is 0. The molecule has 2 rings (SSSR count). The minimum absolute atomic E-state index is 0.0160. The van der Waals surface area contributed by atoms with Gasteiger partial charge in [-0.2, -0.15) is 13.2 Å². The van der Waals surface area contributed by atoms with Crippen molar-refractivity contribution in [1.82, 2.24) is 9.88 Å². The molecule has 170 valence electrons. The van der Waals surface area contributed by atoms with Gasteiger partial charge in [-0.3, -0.25) is 9.78 Å². The van der Waals surface area contributed by atoms with Crippen LogP contribution in [0.25, 0.3) is 0 Å². The fraction of sp³-hybridized carbons (Fsp3) is 0.478. The molecule has 0 fully saturated rings. The van der Waals surface area contributed by atoms with Crippen molar-refractivity contribution in [3.63, 3.8) is 0 Å². The molecule has 31 heavy (non-hydrogen) atoms. The maximum absolute atomic E-state index is 12.7. The van der Waals surface area contributed by atoms with Crippen molar-refractivity contribution in [3.8, 4) is 11.5 Å². The zero-order valence-corrected chi connectivity index (χ0v) is 18.3. The van der Waals surface area contributed by atoms with Crippen LogP contribution in [-0.2, 0) is 17.4 Å². The lowest BCUT2D eigenvalue weighted by Crippen LogP contribution is -2.41. The van der Waals surface area contributed by atoms with Gasteiger partial charge in [0.15, 0.2) is 6.61 Å². The van der Waals surface area contributed by atoms with E-state index in [0.29, 0.717) is 6.42 Å². The van der Waals surface area contributed by atoms with Gasteiger partial charge in [-0.25, -0.2) is 0 Å². The van der Waals surface area contributed by atoms with Gasteiger partial charge in [0.2, 0.25) is 0 Å². The standard InChI is InChI=1S/C23H29F3N2O3/c1-5-6-19(13-17-14-27-12-11-21(17)31-16(2)3)28(4)22(29)15-30-20-9-7-18(8-10-20)23(24,25)26/h7-12,14,16,19H,5-6,13,15H2,1-4H3/t19-/m1/s1. The van der Waals surface area contributed by atoms with Crippen LogP contribution in [0, 0.1) is 0 Å².